The Bertz CT molecular complexity index is 564. The number of nitrogens with one attached hydrogen (secondary N) is 1. The van der Waals surface area contributed by atoms with E-state index < -0.39 is 0 Å². The molecular formula is C18H23NO. The molecule has 0 saturated heterocycles. The van der Waals surface area contributed by atoms with Crippen molar-refractivity contribution in [1.29, 1.82) is 0 Å². The highest BCUT2D eigenvalue weighted by Gasteiger charge is 2.35. The molecule has 1 aliphatic rings. The summed E-state index contributed by atoms with van der Waals surface area (Å²) in [7, 11) is 0. The van der Waals surface area contributed by atoms with Crippen molar-refractivity contribution in [1.82, 2.24) is 5.32 Å². The van der Waals surface area contributed by atoms with Gasteiger partial charge in [-0.15, -0.1) is 0 Å². The molecule has 20 heavy (non-hydrogen) atoms. The van der Waals surface area contributed by atoms with Gasteiger partial charge in [0.05, 0.1) is 0 Å². The molecule has 0 radical (unpaired) electrons. The summed E-state index contributed by atoms with van der Waals surface area (Å²) in [6, 6.07) is 15.1. The average Bonchev–Trinajstić information content (AvgIpc) is 2.46. The van der Waals surface area contributed by atoms with Gasteiger partial charge in [-0.3, -0.25) is 0 Å². The lowest BCUT2D eigenvalue weighted by atomic mass is 9.69. The Morgan fingerprint density at radius 1 is 1.05 bits per heavy atom. The fraction of sp³-hybridized carbons (Fsp3) is 0.444. The second-order valence-corrected chi connectivity index (χ2v) is 6.08. The zero-order valence-electron chi connectivity index (χ0n) is 11.9. The van der Waals surface area contributed by atoms with E-state index in [4.69, 9.17) is 0 Å². The Labute approximate surface area is 120 Å². The molecule has 0 bridgehead atoms. The second kappa shape index (κ2) is 5.94. The maximum absolute atomic E-state index is 9.45. The lowest BCUT2D eigenvalue weighted by Crippen LogP contribution is -2.43. The average molecular weight is 269 g/mol. The lowest BCUT2D eigenvalue weighted by Gasteiger charge is -2.40. The van der Waals surface area contributed by atoms with Crippen molar-refractivity contribution < 1.29 is 5.11 Å². The van der Waals surface area contributed by atoms with E-state index in [1.165, 1.54) is 35.6 Å². The van der Waals surface area contributed by atoms with Gasteiger partial charge in [-0.25, -0.2) is 0 Å². The first-order valence-corrected chi connectivity index (χ1v) is 7.61. The number of aliphatic hydroxyl groups excluding tert-OH is 1. The van der Waals surface area contributed by atoms with E-state index in [1.54, 1.807) is 0 Å². The molecule has 0 spiro atoms. The summed E-state index contributed by atoms with van der Waals surface area (Å²) in [4.78, 5) is 0. The third kappa shape index (κ3) is 2.72. The van der Waals surface area contributed by atoms with Gasteiger partial charge in [0.25, 0.3) is 0 Å². The standard InChI is InChI=1S/C18H23NO/c20-14-18(10-4-11-18)13-19-12-9-16-7-3-6-15-5-1-2-8-17(15)16/h1-3,5-8,19-20H,4,9-14H2. The first-order valence-electron chi connectivity index (χ1n) is 7.61. The Balaban J connectivity index is 1.57. The van der Waals surface area contributed by atoms with E-state index >= 15 is 0 Å². The van der Waals surface area contributed by atoms with Crippen molar-refractivity contribution in [3.8, 4) is 0 Å². The van der Waals surface area contributed by atoms with Gasteiger partial charge < -0.3 is 10.4 Å². The summed E-state index contributed by atoms with van der Waals surface area (Å²) in [5, 5.41) is 15.7. The van der Waals surface area contributed by atoms with Gasteiger partial charge in [-0.05, 0) is 42.1 Å². The molecule has 2 aromatic carbocycles. The first-order chi connectivity index (χ1) is 9.83. The molecule has 0 atom stereocenters. The van der Waals surface area contributed by atoms with Gasteiger partial charge in [0.15, 0.2) is 0 Å². The molecule has 0 aliphatic heterocycles. The first kappa shape index (κ1) is 13.6. The van der Waals surface area contributed by atoms with E-state index in [2.05, 4.69) is 47.8 Å². The fourth-order valence-electron chi connectivity index (χ4n) is 3.15. The van der Waals surface area contributed by atoms with Gasteiger partial charge in [0.2, 0.25) is 0 Å². The molecule has 1 fully saturated rings. The lowest BCUT2D eigenvalue weighted by molar-refractivity contribution is 0.0451. The van der Waals surface area contributed by atoms with E-state index in [9.17, 15) is 5.11 Å². The van der Waals surface area contributed by atoms with Crippen LogP contribution in [0.3, 0.4) is 0 Å². The van der Waals surface area contributed by atoms with Crippen LogP contribution in [0.5, 0.6) is 0 Å². The normalized spacial score (nSPS) is 17.1. The molecule has 2 nitrogen and oxygen atoms in total. The highest BCUT2D eigenvalue weighted by atomic mass is 16.3. The Morgan fingerprint density at radius 2 is 1.85 bits per heavy atom. The number of fused-ring (bicyclic) bond motifs is 1. The molecule has 1 aliphatic carbocycles. The van der Waals surface area contributed by atoms with Crippen LogP contribution in [0.25, 0.3) is 10.8 Å². The van der Waals surface area contributed by atoms with Gasteiger partial charge in [-0.1, -0.05) is 48.9 Å². The number of hydrogen-bond donors (Lipinski definition) is 2. The molecular weight excluding hydrogens is 246 g/mol. The highest BCUT2D eigenvalue weighted by Crippen LogP contribution is 2.39. The topological polar surface area (TPSA) is 32.3 Å². The minimum absolute atomic E-state index is 0.179. The summed E-state index contributed by atoms with van der Waals surface area (Å²) in [5.74, 6) is 0. The monoisotopic (exact) mass is 269 g/mol. The molecule has 0 heterocycles. The Morgan fingerprint density at radius 3 is 2.60 bits per heavy atom. The smallest absolute Gasteiger partial charge is 0.0499 e. The van der Waals surface area contributed by atoms with Crippen molar-refractivity contribution >= 4 is 10.8 Å². The molecule has 2 aromatic rings. The molecule has 0 aromatic heterocycles. The minimum Gasteiger partial charge on any atom is -0.396 e. The predicted octanol–water partition coefficient (Wildman–Crippen LogP) is 3.13. The summed E-state index contributed by atoms with van der Waals surface area (Å²) >= 11 is 0. The molecule has 106 valence electrons. The van der Waals surface area contributed by atoms with Crippen LogP contribution < -0.4 is 5.32 Å². The van der Waals surface area contributed by atoms with Crippen molar-refractivity contribution in [3.05, 3.63) is 48.0 Å². The molecule has 2 N–H and O–H groups in total. The van der Waals surface area contributed by atoms with Crippen LogP contribution in [0, 0.1) is 5.41 Å². The summed E-state index contributed by atoms with van der Waals surface area (Å²) in [6.07, 6.45) is 4.66. The molecule has 3 rings (SSSR count). The number of hydrogen-bond acceptors (Lipinski definition) is 2. The van der Waals surface area contributed by atoms with Crippen molar-refractivity contribution in [3.63, 3.8) is 0 Å². The minimum atomic E-state index is 0.179. The largest absolute Gasteiger partial charge is 0.396 e. The zero-order chi connectivity index (χ0) is 13.8. The van der Waals surface area contributed by atoms with Crippen molar-refractivity contribution in [2.75, 3.05) is 19.7 Å². The summed E-state index contributed by atoms with van der Waals surface area (Å²) < 4.78 is 0. The number of benzene rings is 2. The van der Waals surface area contributed by atoms with Crippen molar-refractivity contribution in [2.45, 2.75) is 25.7 Å². The molecule has 1 saturated carbocycles. The van der Waals surface area contributed by atoms with Gasteiger partial charge in [0.1, 0.15) is 0 Å². The van der Waals surface area contributed by atoms with Crippen LogP contribution in [0.4, 0.5) is 0 Å². The van der Waals surface area contributed by atoms with Crippen LogP contribution in [0.2, 0.25) is 0 Å². The molecule has 0 unspecified atom stereocenters. The summed E-state index contributed by atoms with van der Waals surface area (Å²) in [6.45, 7) is 2.26. The van der Waals surface area contributed by atoms with E-state index in [-0.39, 0.29) is 5.41 Å². The van der Waals surface area contributed by atoms with Gasteiger partial charge >= 0.3 is 0 Å². The van der Waals surface area contributed by atoms with Gasteiger partial charge in [-0.2, -0.15) is 0 Å². The third-order valence-electron chi connectivity index (χ3n) is 4.70. The predicted molar refractivity (Wildman–Crippen MR) is 83.9 cm³/mol. The molecule has 0 amide bonds. The SMILES string of the molecule is OCC1(CNCCc2cccc3ccccc23)CCC1. The highest BCUT2D eigenvalue weighted by molar-refractivity contribution is 5.85. The second-order valence-electron chi connectivity index (χ2n) is 6.08. The number of rotatable bonds is 6. The summed E-state index contributed by atoms with van der Waals surface area (Å²) in [5.41, 5.74) is 1.58. The van der Waals surface area contributed by atoms with Crippen LogP contribution in [-0.4, -0.2) is 24.8 Å². The fourth-order valence-corrected chi connectivity index (χ4v) is 3.15. The van der Waals surface area contributed by atoms with Crippen LogP contribution in [0.1, 0.15) is 24.8 Å². The van der Waals surface area contributed by atoms with Crippen LogP contribution in [0.15, 0.2) is 42.5 Å². The Hall–Kier alpha value is -1.38. The van der Waals surface area contributed by atoms with Crippen molar-refractivity contribution in [2.24, 2.45) is 5.41 Å². The third-order valence-corrected chi connectivity index (χ3v) is 4.70. The Kier molecular flexibility index (Phi) is 4.04. The van der Waals surface area contributed by atoms with Crippen LogP contribution >= 0.6 is 0 Å². The van der Waals surface area contributed by atoms with E-state index in [1.807, 2.05) is 0 Å². The quantitative estimate of drug-likeness (QED) is 0.790. The van der Waals surface area contributed by atoms with Gasteiger partial charge in [0, 0.05) is 18.6 Å². The van der Waals surface area contributed by atoms with Crippen LogP contribution in [-0.2, 0) is 6.42 Å². The van der Waals surface area contributed by atoms with E-state index in [0.29, 0.717) is 6.61 Å². The maximum Gasteiger partial charge on any atom is 0.0499 e. The van der Waals surface area contributed by atoms with E-state index in [0.717, 1.165) is 19.5 Å². The molecule has 2 heteroatoms. The zero-order valence-corrected chi connectivity index (χ0v) is 11.9. The maximum atomic E-state index is 9.45. The number of aliphatic hydroxyl groups is 1.